The standard InChI is InChI=1S/C9H9N3O2/c1-2-14-9(13)7-3-6-8(4-10-7)12-5-11-6/h3-5H,2H2,1H3,(H,11,12). The van der Waals surface area contributed by atoms with Crippen LogP contribution in [0.25, 0.3) is 11.0 Å². The molecule has 0 aromatic carbocycles. The maximum atomic E-state index is 11.3. The van der Waals surface area contributed by atoms with Gasteiger partial charge in [0.05, 0.1) is 30.2 Å². The summed E-state index contributed by atoms with van der Waals surface area (Å²) >= 11 is 0. The molecule has 0 aliphatic carbocycles. The summed E-state index contributed by atoms with van der Waals surface area (Å²) in [5.41, 5.74) is 1.80. The van der Waals surface area contributed by atoms with Crippen LogP contribution in [0, 0.1) is 0 Å². The number of esters is 1. The lowest BCUT2D eigenvalue weighted by Gasteiger charge is -1.99. The average Bonchev–Trinajstić information content (AvgIpc) is 2.64. The van der Waals surface area contributed by atoms with Gasteiger partial charge in [-0.2, -0.15) is 0 Å². The number of aromatic amines is 1. The van der Waals surface area contributed by atoms with Crippen LogP contribution in [0.4, 0.5) is 0 Å². The van der Waals surface area contributed by atoms with Crippen molar-refractivity contribution in [1.82, 2.24) is 15.0 Å². The molecule has 2 rings (SSSR count). The van der Waals surface area contributed by atoms with E-state index in [0.29, 0.717) is 12.1 Å². The molecule has 0 aliphatic heterocycles. The van der Waals surface area contributed by atoms with Crippen molar-refractivity contribution in [2.45, 2.75) is 6.92 Å². The number of imidazole rings is 1. The number of pyridine rings is 1. The molecule has 5 nitrogen and oxygen atoms in total. The van der Waals surface area contributed by atoms with E-state index in [2.05, 4.69) is 15.0 Å². The molecule has 0 spiro atoms. The first-order chi connectivity index (χ1) is 6.81. The molecule has 0 bridgehead atoms. The van der Waals surface area contributed by atoms with Gasteiger partial charge in [0, 0.05) is 0 Å². The van der Waals surface area contributed by atoms with E-state index in [4.69, 9.17) is 4.74 Å². The highest BCUT2D eigenvalue weighted by Gasteiger charge is 2.09. The van der Waals surface area contributed by atoms with Gasteiger partial charge in [0.1, 0.15) is 0 Å². The summed E-state index contributed by atoms with van der Waals surface area (Å²) in [5.74, 6) is -0.419. The minimum atomic E-state index is -0.419. The molecule has 5 heteroatoms. The average molecular weight is 191 g/mol. The molecule has 0 saturated carbocycles. The third kappa shape index (κ3) is 1.44. The Morgan fingerprint density at radius 2 is 2.43 bits per heavy atom. The summed E-state index contributed by atoms with van der Waals surface area (Å²) in [6.45, 7) is 2.10. The van der Waals surface area contributed by atoms with Gasteiger partial charge in [0.2, 0.25) is 0 Å². The fourth-order valence-electron chi connectivity index (χ4n) is 1.15. The van der Waals surface area contributed by atoms with Gasteiger partial charge in [-0.15, -0.1) is 0 Å². The lowest BCUT2D eigenvalue weighted by molar-refractivity contribution is 0.0519. The van der Waals surface area contributed by atoms with Crippen LogP contribution in [-0.4, -0.2) is 27.5 Å². The number of nitrogens with one attached hydrogen (secondary N) is 1. The zero-order valence-corrected chi connectivity index (χ0v) is 7.65. The SMILES string of the molecule is CCOC(=O)c1cc2nc[nH]c2cn1. The number of hydrogen-bond acceptors (Lipinski definition) is 4. The van der Waals surface area contributed by atoms with Gasteiger partial charge < -0.3 is 9.72 Å². The molecule has 0 amide bonds. The van der Waals surface area contributed by atoms with E-state index >= 15 is 0 Å². The molecule has 0 saturated heterocycles. The second-order valence-electron chi connectivity index (χ2n) is 2.71. The molecule has 2 aromatic heterocycles. The third-order valence-electron chi connectivity index (χ3n) is 1.79. The number of hydrogen-bond donors (Lipinski definition) is 1. The summed E-state index contributed by atoms with van der Waals surface area (Å²) < 4.78 is 4.81. The van der Waals surface area contributed by atoms with Gasteiger partial charge in [0.25, 0.3) is 0 Å². The van der Waals surface area contributed by atoms with E-state index in [9.17, 15) is 4.79 Å². The number of rotatable bonds is 2. The Balaban J connectivity index is 2.38. The molecule has 0 aliphatic rings. The molecule has 1 N–H and O–H groups in total. The van der Waals surface area contributed by atoms with Gasteiger partial charge in [-0.3, -0.25) is 0 Å². The maximum absolute atomic E-state index is 11.3. The number of fused-ring (bicyclic) bond motifs is 1. The van der Waals surface area contributed by atoms with Crippen LogP contribution in [0.1, 0.15) is 17.4 Å². The van der Waals surface area contributed by atoms with Crippen LogP contribution in [0.3, 0.4) is 0 Å². The highest BCUT2D eigenvalue weighted by Crippen LogP contribution is 2.09. The van der Waals surface area contributed by atoms with Crippen molar-refractivity contribution in [2.75, 3.05) is 6.61 Å². The van der Waals surface area contributed by atoms with Gasteiger partial charge in [-0.05, 0) is 13.0 Å². The first-order valence-electron chi connectivity index (χ1n) is 4.27. The lowest BCUT2D eigenvalue weighted by Crippen LogP contribution is -2.06. The van der Waals surface area contributed by atoms with E-state index in [0.717, 1.165) is 5.52 Å². The molecule has 2 aromatic rings. The first kappa shape index (κ1) is 8.68. The number of aromatic nitrogens is 3. The summed E-state index contributed by atoms with van der Waals surface area (Å²) in [6, 6.07) is 1.60. The number of carbonyl (C=O) groups excluding carboxylic acids is 1. The topological polar surface area (TPSA) is 67.9 Å². The van der Waals surface area contributed by atoms with Crippen molar-refractivity contribution in [3.63, 3.8) is 0 Å². The minimum absolute atomic E-state index is 0.284. The van der Waals surface area contributed by atoms with Crippen LogP contribution < -0.4 is 0 Å². The molecule has 0 fully saturated rings. The smallest absolute Gasteiger partial charge is 0.356 e. The summed E-state index contributed by atoms with van der Waals surface area (Å²) in [7, 11) is 0. The summed E-state index contributed by atoms with van der Waals surface area (Å²) in [6.07, 6.45) is 3.12. The molecule has 2 heterocycles. The number of ether oxygens (including phenoxy) is 1. The minimum Gasteiger partial charge on any atom is -0.461 e. The Labute approximate surface area is 80.1 Å². The quantitative estimate of drug-likeness (QED) is 0.722. The molecule has 0 radical (unpaired) electrons. The van der Waals surface area contributed by atoms with Crippen molar-refractivity contribution in [3.05, 3.63) is 24.3 Å². The molecule has 0 atom stereocenters. The zero-order chi connectivity index (χ0) is 9.97. The Morgan fingerprint density at radius 3 is 3.21 bits per heavy atom. The van der Waals surface area contributed by atoms with E-state index in [1.807, 2.05) is 0 Å². The molecule has 14 heavy (non-hydrogen) atoms. The predicted molar refractivity (Wildman–Crippen MR) is 49.8 cm³/mol. The van der Waals surface area contributed by atoms with Crippen LogP contribution >= 0.6 is 0 Å². The fraction of sp³-hybridized carbons (Fsp3) is 0.222. The van der Waals surface area contributed by atoms with Crippen molar-refractivity contribution in [1.29, 1.82) is 0 Å². The first-order valence-corrected chi connectivity index (χ1v) is 4.27. The van der Waals surface area contributed by atoms with Gasteiger partial charge in [-0.1, -0.05) is 0 Å². The van der Waals surface area contributed by atoms with E-state index in [-0.39, 0.29) is 5.69 Å². The second kappa shape index (κ2) is 3.45. The number of H-pyrrole nitrogens is 1. The molecule has 0 unspecified atom stereocenters. The largest absolute Gasteiger partial charge is 0.461 e. The van der Waals surface area contributed by atoms with Crippen LogP contribution in [0.15, 0.2) is 18.6 Å². The van der Waals surface area contributed by atoms with Crippen molar-refractivity contribution in [2.24, 2.45) is 0 Å². The highest BCUT2D eigenvalue weighted by molar-refractivity contribution is 5.90. The van der Waals surface area contributed by atoms with E-state index in [1.54, 1.807) is 25.5 Å². The van der Waals surface area contributed by atoms with Crippen LogP contribution in [-0.2, 0) is 4.74 Å². The molecular weight excluding hydrogens is 182 g/mol. The highest BCUT2D eigenvalue weighted by atomic mass is 16.5. The number of nitrogens with zero attached hydrogens (tertiary/aromatic N) is 2. The predicted octanol–water partition coefficient (Wildman–Crippen LogP) is 1.13. The van der Waals surface area contributed by atoms with Crippen LogP contribution in [0.2, 0.25) is 0 Å². The Morgan fingerprint density at radius 1 is 1.57 bits per heavy atom. The van der Waals surface area contributed by atoms with E-state index in [1.165, 1.54) is 0 Å². The number of carbonyl (C=O) groups is 1. The lowest BCUT2D eigenvalue weighted by atomic mass is 10.3. The summed E-state index contributed by atoms with van der Waals surface area (Å²) in [4.78, 5) is 22.1. The zero-order valence-electron chi connectivity index (χ0n) is 7.65. The second-order valence-corrected chi connectivity index (χ2v) is 2.71. The molecule has 72 valence electrons. The van der Waals surface area contributed by atoms with Crippen molar-refractivity contribution >= 4 is 17.0 Å². The van der Waals surface area contributed by atoms with Gasteiger partial charge in [0.15, 0.2) is 5.69 Å². The Kier molecular flexibility index (Phi) is 2.14. The van der Waals surface area contributed by atoms with Gasteiger partial charge >= 0.3 is 5.97 Å². The normalized spacial score (nSPS) is 10.4. The van der Waals surface area contributed by atoms with Crippen LogP contribution in [0.5, 0.6) is 0 Å². The van der Waals surface area contributed by atoms with E-state index < -0.39 is 5.97 Å². The van der Waals surface area contributed by atoms with Crippen molar-refractivity contribution in [3.8, 4) is 0 Å². The summed E-state index contributed by atoms with van der Waals surface area (Å²) in [5, 5.41) is 0. The Bertz CT molecular complexity index is 464. The van der Waals surface area contributed by atoms with Gasteiger partial charge in [-0.25, -0.2) is 14.8 Å². The fourth-order valence-corrected chi connectivity index (χ4v) is 1.15. The molecular formula is C9H9N3O2. The monoisotopic (exact) mass is 191 g/mol. The van der Waals surface area contributed by atoms with Crippen molar-refractivity contribution < 1.29 is 9.53 Å². The maximum Gasteiger partial charge on any atom is 0.356 e. The third-order valence-corrected chi connectivity index (χ3v) is 1.79. The Hall–Kier alpha value is -1.91.